The molecule has 0 spiro atoms. The number of rotatable bonds is 5. The third-order valence-electron chi connectivity index (χ3n) is 3.09. The van der Waals surface area contributed by atoms with Crippen LogP contribution in [0.1, 0.15) is 32.8 Å². The molecule has 1 rings (SSSR count). The Balaban J connectivity index is 2.60. The fourth-order valence-electron chi connectivity index (χ4n) is 1.84. The first-order valence-corrected chi connectivity index (χ1v) is 7.03. The van der Waals surface area contributed by atoms with Crippen LogP contribution in [-0.4, -0.2) is 25.0 Å². The summed E-state index contributed by atoms with van der Waals surface area (Å²) in [5.41, 5.74) is 0.359. The van der Waals surface area contributed by atoms with Gasteiger partial charge in [-0.05, 0) is 23.1 Å². The second kappa shape index (κ2) is 7.73. The number of hydrogen-bond donors (Lipinski definition) is 1. The number of benzene rings is 1. The number of methoxy groups -OCH3 is 1. The monoisotopic (exact) mass is 307 g/mol. The normalized spacial score (nSPS) is 13.0. The van der Waals surface area contributed by atoms with E-state index in [1.807, 2.05) is 20.8 Å². The third kappa shape index (κ3) is 5.68. The van der Waals surface area contributed by atoms with E-state index in [9.17, 15) is 14.0 Å². The smallest absolute Gasteiger partial charge is 0.328 e. The number of carbonyl (C=O) groups excluding carboxylic acids is 2. The molecule has 0 aliphatic carbocycles. The molecule has 0 saturated heterocycles. The fraction of sp³-hybridized carbons (Fsp3) is 0.412. The zero-order chi connectivity index (χ0) is 16.8. The van der Waals surface area contributed by atoms with Crippen molar-refractivity contribution in [1.29, 1.82) is 0 Å². The van der Waals surface area contributed by atoms with Gasteiger partial charge in [0.2, 0.25) is 5.91 Å². The summed E-state index contributed by atoms with van der Waals surface area (Å²) in [5.74, 6) is -1.05. The molecule has 1 atom stereocenters. The van der Waals surface area contributed by atoms with Crippen molar-refractivity contribution >= 4 is 18.0 Å². The van der Waals surface area contributed by atoms with Gasteiger partial charge < -0.3 is 10.1 Å². The van der Waals surface area contributed by atoms with E-state index in [0.717, 1.165) is 5.56 Å². The summed E-state index contributed by atoms with van der Waals surface area (Å²) in [6.45, 7) is 5.55. The number of nitrogens with one attached hydrogen (secondary N) is 1. The zero-order valence-corrected chi connectivity index (χ0v) is 13.4. The molecule has 0 heterocycles. The summed E-state index contributed by atoms with van der Waals surface area (Å²) >= 11 is 0. The maximum Gasteiger partial charge on any atom is 0.328 e. The zero-order valence-electron chi connectivity index (χ0n) is 13.4. The number of halogens is 1. The van der Waals surface area contributed by atoms with Crippen LogP contribution in [0, 0.1) is 11.2 Å². The van der Waals surface area contributed by atoms with E-state index < -0.39 is 17.4 Å². The van der Waals surface area contributed by atoms with Crippen molar-refractivity contribution in [2.45, 2.75) is 33.2 Å². The van der Waals surface area contributed by atoms with E-state index in [4.69, 9.17) is 4.74 Å². The van der Waals surface area contributed by atoms with Crippen molar-refractivity contribution in [2.75, 3.05) is 7.11 Å². The minimum absolute atomic E-state index is 0.126. The maximum atomic E-state index is 12.8. The average molecular weight is 307 g/mol. The number of hydrogen-bond acceptors (Lipinski definition) is 3. The number of esters is 1. The standard InChI is InChI=1S/C17H22FNO3/c1-17(2,3)15(16(21)22-4)19-14(20)7-5-6-12-8-10-13(18)11-9-12/h5-6,8-11,15H,7H2,1-4H3,(H,19,20)/b6-5-/t15-/m1/s1. The van der Waals surface area contributed by atoms with Gasteiger partial charge in [0.25, 0.3) is 0 Å². The van der Waals surface area contributed by atoms with Crippen molar-refractivity contribution in [2.24, 2.45) is 5.41 Å². The largest absolute Gasteiger partial charge is 0.467 e. The van der Waals surface area contributed by atoms with Crippen molar-refractivity contribution < 1.29 is 18.7 Å². The lowest BCUT2D eigenvalue weighted by atomic mass is 9.86. The van der Waals surface area contributed by atoms with Gasteiger partial charge in [0.1, 0.15) is 11.9 Å². The van der Waals surface area contributed by atoms with Crippen LogP contribution in [0.3, 0.4) is 0 Å². The molecule has 0 unspecified atom stereocenters. The molecule has 5 heteroatoms. The van der Waals surface area contributed by atoms with Crippen molar-refractivity contribution in [1.82, 2.24) is 5.32 Å². The molecule has 0 aromatic heterocycles. The summed E-state index contributed by atoms with van der Waals surface area (Å²) < 4.78 is 17.5. The first kappa shape index (κ1) is 17.9. The Hall–Kier alpha value is -2.17. The van der Waals surface area contributed by atoms with Crippen LogP contribution in [0.2, 0.25) is 0 Å². The second-order valence-corrected chi connectivity index (χ2v) is 6.05. The summed E-state index contributed by atoms with van der Waals surface area (Å²) in [5, 5.41) is 2.68. The quantitative estimate of drug-likeness (QED) is 0.851. The van der Waals surface area contributed by atoms with Gasteiger partial charge >= 0.3 is 5.97 Å². The molecule has 0 saturated carbocycles. The Labute approximate surface area is 130 Å². The van der Waals surface area contributed by atoms with Crippen LogP contribution in [-0.2, 0) is 14.3 Å². The van der Waals surface area contributed by atoms with Crippen molar-refractivity contribution in [3.05, 3.63) is 41.7 Å². The minimum Gasteiger partial charge on any atom is -0.467 e. The molecule has 1 aromatic carbocycles. The van der Waals surface area contributed by atoms with Gasteiger partial charge in [-0.2, -0.15) is 0 Å². The lowest BCUT2D eigenvalue weighted by molar-refractivity contribution is -0.148. The molecule has 0 aliphatic rings. The van der Waals surface area contributed by atoms with E-state index >= 15 is 0 Å². The molecule has 120 valence electrons. The van der Waals surface area contributed by atoms with E-state index in [1.165, 1.54) is 19.2 Å². The topological polar surface area (TPSA) is 55.4 Å². The van der Waals surface area contributed by atoms with Gasteiger partial charge in [-0.1, -0.05) is 45.1 Å². The molecule has 1 amide bonds. The molecule has 22 heavy (non-hydrogen) atoms. The van der Waals surface area contributed by atoms with Gasteiger partial charge in [-0.15, -0.1) is 0 Å². The molecular weight excluding hydrogens is 285 g/mol. The van der Waals surface area contributed by atoms with E-state index in [-0.39, 0.29) is 18.1 Å². The number of carbonyl (C=O) groups is 2. The van der Waals surface area contributed by atoms with Gasteiger partial charge in [0.05, 0.1) is 7.11 Å². The predicted molar refractivity (Wildman–Crippen MR) is 83.5 cm³/mol. The van der Waals surface area contributed by atoms with Crippen LogP contribution in [0.4, 0.5) is 4.39 Å². The lowest BCUT2D eigenvalue weighted by Gasteiger charge is -2.28. The first-order valence-electron chi connectivity index (χ1n) is 7.03. The highest BCUT2D eigenvalue weighted by atomic mass is 19.1. The molecular formula is C17H22FNO3. The predicted octanol–water partition coefficient (Wildman–Crippen LogP) is 2.93. The molecule has 0 fully saturated rings. The lowest BCUT2D eigenvalue weighted by Crippen LogP contribution is -2.49. The van der Waals surface area contributed by atoms with Crippen LogP contribution in [0.15, 0.2) is 30.3 Å². The summed E-state index contributed by atoms with van der Waals surface area (Å²) in [4.78, 5) is 23.7. The SMILES string of the molecule is COC(=O)[C@@H](NC(=O)C/C=C\c1ccc(F)cc1)C(C)(C)C. The van der Waals surface area contributed by atoms with Crippen LogP contribution in [0.25, 0.3) is 6.08 Å². The van der Waals surface area contributed by atoms with Crippen LogP contribution in [0.5, 0.6) is 0 Å². The molecule has 1 N–H and O–H groups in total. The highest BCUT2D eigenvalue weighted by molar-refractivity contribution is 5.86. The van der Waals surface area contributed by atoms with Crippen molar-refractivity contribution in [3.8, 4) is 0 Å². The fourth-order valence-corrected chi connectivity index (χ4v) is 1.84. The third-order valence-corrected chi connectivity index (χ3v) is 3.09. The van der Waals surface area contributed by atoms with Gasteiger partial charge in [-0.25, -0.2) is 9.18 Å². The summed E-state index contributed by atoms with van der Waals surface area (Å²) in [6.07, 6.45) is 3.52. The Morgan fingerprint density at radius 3 is 2.36 bits per heavy atom. The summed E-state index contributed by atoms with van der Waals surface area (Å²) in [7, 11) is 1.29. The minimum atomic E-state index is -0.704. The van der Waals surface area contributed by atoms with E-state index in [1.54, 1.807) is 24.3 Å². The Bertz CT molecular complexity index is 544. The second-order valence-electron chi connectivity index (χ2n) is 6.05. The van der Waals surface area contributed by atoms with Crippen molar-refractivity contribution in [3.63, 3.8) is 0 Å². The number of ether oxygens (including phenoxy) is 1. The Morgan fingerprint density at radius 1 is 1.27 bits per heavy atom. The highest BCUT2D eigenvalue weighted by Crippen LogP contribution is 2.20. The molecule has 4 nitrogen and oxygen atoms in total. The maximum absolute atomic E-state index is 12.8. The van der Waals surface area contributed by atoms with Gasteiger partial charge in [0, 0.05) is 6.42 Å². The van der Waals surface area contributed by atoms with E-state index in [2.05, 4.69) is 5.32 Å². The number of amides is 1. The van der Waals surface area contributed by atoms with Gasteiger partial charge in [0.15, 0.2) is 0 Å². The molecule has 0 bridgehead atoms. The average Bonchev–Trinajstić information content (AvgIpc) is 2.45. The molecule has 1 aromatic rings. The Morgan fingerprint density at radius 2 is 1.86 bits per heavy atom. The highest BCUT2D eigenvalue weighted by Gasteiger charge is 2.33. The summed E-state index contributed by atoms with van der Waals surface area (Å²) in [6, 6.07) is 5.25. The van der Waals surface area contributed by atoms with Gasteiger partial charge in [-0.3, -0.25) is 4.79 Å². The first-order chi connectivity index (χ1) is 10.2. The Kier molecular flexibility index (Phi) is 6.28. The van der Waals surface area contributed by atoms with Crippen LogP contribution >= 0.6 is 0 Å². The molecule has 0 radical (unpaired) electrons. The van der Waals surface area contributed by atoms with E-state index in [0.29, 0.717) is 0 Å². The van der Waals surface area contributed by atoms with Crippen LogP contribution < -0.4 is 5.32 Å². The molecule has 0 aliphatic heterocycles.